The van der Waals surface area contributed by atoms with Crippen LogP contribution in [-0.2, 0) is 24.2 Å². The lowest BCUT2D eigenvalue weighted by Gasteiger charge is -2.17. The summed E-state index contributed by atoms with van der Waals surface area (Å²) in [6.07, 6.45) is 3.03. The van der Waals surface area contributed by atoms with Crippen LogP contribution < -0.4 is 10.9 Å². The van der Waals surface area contributed by atoms with E-state index in [4.69, 9.17) is 4.98 Å². The number of anilines is 1. The van der Waals surface area contributed by atoms with Gasteiger partial charge in [0, 0.05) is 17.1 Å². The number of rotatable bonds is 5. The Bertz CT molecular complexity index is 1190. The molecule has 8 heteroatoms. The molecule has 2 heterocycles. The number of thioether (sulfide) groups is 1. The molecule has 0 aliphatic heterocycles. The SMILES string of the molecule is CCn1c(SCC(=O)Nc2cc(F)ccc2C)nc2sc3c(c2c1=O)CCC(C)C3. The van der Waals surface area contributed by atoms with Crippen LogP contribution in [0.2, 0.25) is 0 Å². The van der Waals surface area contributed by atoms with Crippen LogP contribution in [0.4, 0.5) is 10.1 Å². The summed E-state index contributed by atoms with van der Waals surface area (Å²) in [5.41, 5.74) is 2.40. The van der Waals surface area contributed by atoms with Gasteiger partial charge in [-0.1, -0.05) is 24.8 Å². The second kappa shape index (κ2) is 8.51. The Morgan fingerprint density at radius 1 is 1.43 bits per heavy atom. The van der Waals surface area contributed by atoms with Gasteiger partial charge in [0.1, 0.15) is 10.6 Å². The first-order chi connectivity index (χ1) is 14.4. The smallest absolute Gasteiger partial charge is 0.263 e. The third kappa shape index (κ3) is 4.03. The van der Waals surface area contributed by atoms with Crippen LogP contribution in [0, 0.1) is 18.7 Å². The first-order valence-corrected chi connectivity index (χ1v) is 11.9. The van der Waals surface area contributed by atoms with Gasteiger partial charge in [-0.2, -0.15) is 0 Å². The lowest BCUT2D eigenvalue weighted by Crippen LogP contribution is -2.24. The zero-order chi connectivity index (χ0) is 21.4. The molecule has 0 spiro atoms. The van der Waals surface area contributed by atoms with Crippen molar-refractivity contribution in [3.63, 3.8) is 0 Å². The van der Waals surface area contributed by atoms with Gasteiger partial charge in [-0.05, 0) is 62.3 Å². The van der Waals surface area contributed by atoms with Crippen LogP contribution in [0.15, 0.2) is 28.2 Å². The molecule has 0 saturated carbocycles. The van der Waals surface area contributed by atoms with Gasteiger partial charge in [-0.3, -0.25) is 14.2 Å². The number of nitrogens with zero attached hydrogens (tertiary/aromatic N) is 2. The highest BCUT2D eigenvalue weighted by Gasteiger charge is 2.24. The Labute approximate surface area is 182 Å². The average molecular weight is 446 g/mol. The molecule has 30 heavy (non-hydrogen) atoms. The van der Waals surface area contributed by atoms with Crippen molar-refractivity contribution in [2.24, 2.45) is 5.92 Å². The average Bonchev–Trinajstić information content (AvgIpc) is 3.06. The predicted octanol–water partition coefficient (Wildman–Crippen LogP) is 4.78. The highest BCUT2D eigenvalue weighted by molar-refractivity contribution is 7.99. The van der Waals surface area contributed by atoms with Crippen LogP contribution >= 0.6 is 23.1 Å². The van der Waals surface area contributed by atoms with Crippen molar-refractivity contribution in [2.45, 2.75) is 51.7 Å². The molecule has 3 aromatic rings. The van der Waals surface area contributed by atoms with Gasteiger partial charge < -0.3 is 5.32 Å². The number of nitrogens with one attached hydrogen (secondary N) is 1. The number of hydrogen-bond acceptors (Lipinski definition) is 5. The quantitative estimate of drug-likeness (QED) is 0.453. The second-order valence-corrected chi connectivity index (χ2v) is 9.80. The van der Waals surface area contributed by atoms with Crippen molar-refractivity contribution >= 4 is 44.9 Å². The van der Waals surface area contributed by atoms with E-state index in [1.807, 2.05) is 13.8 Å². The summed E-state index contributed by atoms with van der Waals surface area (Å²) in [5, 5.41) is 4.05. The van der Waals surface area contributed by atoms with Crippen LogP contribution in [0.5, 0.6) is 0 Å². The first kappa shape index (κ1) is 21.1. The van der Waals surface area contributed by atoms with E-state index >= 15 is 0 Å². The van der Waals surface area contributed by atoms with Crippen molar-refractivity contribution in [3.8, 4) is 0 Å². The number of aromatic nitrogens is 2. The Morgan fingerprint density at radius 2 is 2.23 bits per heavy atom. The number of aryl methyl sites for hydroxylation is 2. The normalized spacial score (nSPS) is 15.9. The molecule has 5 nitrogen and oxygen atoms in total. The van der Waals surface area contributed by atoms with Gasteiger partial charge in [0.15, 0.2) is 5.16 Å². The van der Waals surface area contributed by atoms with Crippen molar-refractivity contribution in [3.05, 3.63) is 50.4 Å². The van der Waals surface area contributed by atoms with Crippen LogP contribution in [0.3, 0.4) is 0 Å². The van der Waals surface area contributed by atoms with E-state index in [0.717, 1.165) is 35.0 Å². The highest BCUT2D eigenvalue weighted by atomic mass is 32.2. The lowest BCUT2D eigenvalue weighted by molar-refractivity contribution is -0.113. The van der Waals surface area contributed by atoms with E-state index in [9.17, 15) is 14.0 Å². The molecule has 0 saturated heterocycles. The van der Waals surface area contributed by atoms with Crippen LogP contribution in [0.1, 0.15) is 36.3 Å². The molecule has 0 radical (unpaired) electrons. The van der Waals surface area contributed by atoms with Crippen molar-refractivity contribution in [1.29, 1.82) is 0 Å². The van der Waals surface area contributed by atoms with E-state index in [1.165, 1.54) is 34.3 Å². The number of thiophene rings is 1. The van der Waals surface area contributed by atoms with Gasteiger partial charge in [0.05, 0.1) is 11.1 Å². The van der Waals surface area contributed by atoms with Crippen molar-refractivity contribution in [1.82, 2.24) is 9.55 Å². The van der Waals surface area contributed by atoms with Gasteiger partial charge in [0.2, 0.25) is 5.91 Å². The van der Waals surface area contributed by atoms with E-state index in [-0.39, 0.29) is 17.2 Å². The molecule has 0 bridgehead atoms. The molecule has 2 aromatic heterocycles. The third-order valence-electron chi connectivity index (χ3n) is 5.50. The molecule has 0 fully saturated rings. The maximum atomic E-state index is 13.5. The molecular formula is C22H24FN3O2S2. The predicted molar refractivity (Wildman–Crippen MR) is 121 cm³/mol. The highest BCUT2D eigenvalue weighted by Crippen LogP contribution is 2.36. The molecule has 1 amide bonds. The Balaban J connectivity index is 1.59. The fourth-order valence-corrected chi connectivity index (χ4v) is 6.13. The number of carbonyl (C=O) groups excluding carboxylic acids is 1. The molecule has 1 aliphatic rings. The van der Waals surface area contributed by atoms with Gasteiger partial charge >= 0.3 is 0 Å². The number of hydrogen-bond donors (Lipinski definition) is 1. The maximum absolute atomic E-state index is 13.5. The summed E-state index contributed by atoms with van der Waals surface area (Å²) >= 11 is 2.85. The minimum absolute atomic E-state index is 0.0153. The zero-order valence-corrected chi connectivity index (χ0v) is 18.9. The third-order valence-corrected chi connectivity index (χ3v) is 7.63. The number of carbonyl (C=O) groups is 1. The maximum Gasteiger partial charge on any atom is 0.263 e. The van der Waals surface area contributed by atoms with Crippen LogP contribution in [0.25, 0.3) is 10.2 Å². The van der Waals surface area contributed by atoms with E-state index in [1.54, 1.807) is 22.0 Å². The molecule has 1 unspecified atom stereocenters. The zero-order valence-electron chi connectivity index (χ0n) is 17.3. The standard InChI is InChI=1S/C22H24FN3O2S2/c1-4-26-21(28)19-15-8-5-12(2)9-17(15)30-20(19)25-22(26)29-11-18(27)24-16-10-14(23)7-6-13(16)3/h6-7,10,12H,4-5,8-9,11H2,1-3H3,(H,24,27). The Kier molecular flexibility index (Phi) is 5.97. The minimum atomic E-state index is -0.397. The fourth-order valence-electron chi connectivity index (χ4n) is 3.84. The summed E-state index contributed by atoms with van der Waals surface area (Å²) in [4.78, 5) is 32.4. The Hall–Kier alpha value is -2.19. The number of fused-ring (bicyclic) bond motifs is 3. The van der Waals surface area contributed by atoms with Gasteiger partial charge in [-0.25, -0.2) is 9.37 Å². The number of amides is 1. The summed E-state index contributed by atoms with van der Waals surface area (Å²) < 4.78 is 15.1. The lowest BCUT2D eigenvalue weighted by atomic mass is 9.89. The molecule has 158 valence electrons. The molecule has 4 rings (SSSR count). The topological polar surface area (TPSA) is 64.0 Å². The summed E-state index contributed by atoms with van der Waals surface area (Å²) in [7, 11) is 0. The van der Waals surface area contributed by atoms with Gasteiger partial charge in [0.25, 0.3) is 5.56 Å². The fraction of sp³-hybridized carbons (Fsp3) is 0.409. The molecule has 1 atom stereocenters. The largest absolute Gasteiger partial charge is 0.325 e. The molecular weight excluding hydrogens is 421 g/mol. The second-order valence-electron chi connectivity index (χ2n) is 7.77. The van der Waals surface area contributed by atoms with E-state index in [0.29, 0.717) is 23.3 Å². The number of benzene rings is 1. The van der Waals surface area contributed by atoms with E-state index in [2.05, 4.69) is 12.2 Å². The molecule has 1 aliphatic carbocycles. The summed E-state index contributed by atoms with van der Waals surface area (Å²) in [5.74, 6) is 0.0648. The van der Waals surface area contributed by atoms with Crippen LogP contribution in [-0.4, -0.2) is 21.2 Å². The molecule has 1 N–H and O–H groups in total. The Morgan fingerprint density at radius 3 is 3.00 bits per heavy atom. The minimum Gasteiger partial charge on any atom is -0.325 e. The van der Waals surface area contributed by atoms with E-state index < -0.39 is 5.82 Å². The summed E-state index contributed by atoms with van der Waals surface area (Å²) in [6, 6.07) is 4.29. The van der Waals surface area contributed by atoms with Crippen molar-refractivity contribution < 1.29 is 9.18 Å². The monoisotopic (exact) mass is 445 g/mol. The first-order valence-electron chi connectivity index (χ1n) is 10.1. The van der Waals surface area contributed by atoms with Crippen molar-refractivity contribution in [2.75, 3.05) is 11.1 Å². The number of halogens is 1. The van der Waals surface area contributed by atoms with Gasteiger partial charge in [-0.15, -0.1) is 11.3 Å². The summed E-state index contributed by atoms with van der Waals surface area (Å²) in [6.45, 7) is 6.46. The molecule has 1 aromatic carbocycles.